The SMILES string of the molecule is CCO/N=C/c1cc(C)[nH]c1C. The van der Waals surface area contributed by atoms with Crippen molar-refractivity contribution in [1.29, 1.82) is 0 Å². The number of aromatic amines is 1. The molecule has 1 rings (SSSR count). The molecule has 0 radical (unpaired) electrons. The molecule has 1 N–H and O–H groups in total. The molecule has 0 atom stereocenters. The number of nitrogens with zero attached hydrogens (tertiary/aromatic N) is 1. The minimum absolute atomic E-state index is 0.610. The molecule has 0 aliphatic rings. The van der Waals surface area contributed by atoms with Crippen LogP contribution in [0, 0.1) is 13.8 Å². The van der Waals surface area contributed by atoms with E-state index in [9.17, 15) is 0 Å². The van der Waals surface area contributed by atoms with Crippen LogP contribution in [0.15, 0.2) is 11.2 Å². The molecule has 3 nitrogen and oxygen atoms in total. The molecule has 0 amide bonds. The normalized spacial score (nSPS) is 10.9. The lowest BCUT2D eigenvalue weighted by molar-refractivity contribution is 0.160. The topological polar surface area (TPSA) is 37.4 Å². The highest BCUT2D eigenvalue weighted by atomic mass is 16.6. The van der Waals surface area contributed by atoms with Gasteiger partial charge in [-0.25, -0.2) is 0 Å². The average molecular weight is 166 g/mol. The highest BCUT2D eigenvalue weighted by Crippen LogP contribution is 2.05. The Bertz CT molecular complexity index is 276. The fourth-order valence-electron chi connectivity index (χ4n) is 1.05. The van der Waals surface area contributed by atoms with E-state index in [0.29, 0.717) is 6.61 Å². The summed E-state index contributed by atoms with van der Waals surface area (Å²) in [5.41, 5.74) is 3.35. The van der Waals surface area contributed by atoms with Crippen LogP contribution in [0.3, 0.4) is 0 Å². The molecular weight excluding hydrogens is 152 g/mol. The summed E-state index contributed by atoms with van der Waals surface area (Å²) in [5, 5.41) is 3.79. The van der Waals surface area contributed by atoms with Crippen molar-refractivity contribution in [2.75, 3.05) is 6.61 Å². The van der Waals surface area contributed by atoms with Gasteiger partial charge >= 0.3 is 0 Å². The predicted octanol–water partition coefficient (Wildman–Crippen LogP) is 2.00. The van der Waals surface area contributed by atoms with Crippen LogP contribution in [0.25, 0.3) is 0 Å². The van der Waals surface area contributed by atoms with E-state index in [1.165, 1.54) is 0 Å². The zero-order valence-corrected chi connectivity index (χ0v) is 7.72. The molecule has 0 saturated carbocycles. The Morgan fingerprint density at radius 1 is 1.58 bits per heavy atom. The van der Waals surface area contributed by atoms with E-state index < -0.39 is 0 Å². The molecule has 0 unspecified atom stereocenters. The van der Waals surface area contributed by atoms with E-state index in [2.05, 4.69) is 10.1 Å². The van der Waals surface area contributed by atoms with Crippen LogP contribution in [0.5, 0.6) is 0 Å². The van der Waals surface area contributed by atoms with Gasteiger partial charge in [-0.3, -0.25) is 0 Å². The Hall–Kier alpha value is -1.25. The molecular formula is C9H14N2O. The third-order valence-electron chi connectivity index (χ3n) is 1.59. The molecule has 0 fully saturated rings. The Morgan fingerprint density at radius 2 is 2.33 bits per heavy atom. The van der Waals surface area contributed by atoms with Crippen LogP contribution in [-0.2, 0) is 4.84 Å². The van der Waals surface area contributed by atoms with E-state index in [1.54, 1.807) is 6.21 Å². The standard InChI is InChI=1S/C9H14N2O/c1-4-12-10-6-9-5-7(2)11-8(9)3/h5-6,11H,4H2,1-3H3/b10-6+. The van der Waals surface area contributed by atoms with Crippen molar-refractivity contribution in [3.63, 3.8) is 0 Å². The minimum Gasteiger partial charge on any atom is -0.396 e. The summed E-state index contributed by atoms with van der Waals surface area (Å²) in [6, 6.07) is 2.04. The number of aromatic nitrogens is 1. The number of rotatable bonds is 3. The van der Waals surface area contributed by atoms with Crippen molar-refractivity contribution in [1.82, 2.24) is 4.98 Å². The quantitative estimate of drug-likeness (QED) is 0.541. The van der Waals surface area contributed by atoms with Crippen molar-refractivity contribution < 1.29 is 4.84 Å². The van der Waals surface area contributed by atoms with Crippen molar-refractivity contribution >= 4 is 6.21 Å². The Balaban J connectivity index is 2.68. The first-order valence-corrected chi connectivity index (χ1v) is 4.05. The van der Waals surface area contributed by atoms with Gasteiger partial charge in [-0.2, -0.15) is 0 Å². The largest absolute Gasteiger partial charge is 0.396 e. The average Bonchev–Trinajstić information content (AvgIpc) is 2.31. The second kappa shape index (κ2) is 3.95. The zero-order chi connectivity index (χ0) is 8.97. The monoisotopic (exact) mass is 166 g/mol. The maximum Gasteiger partial charge on any atom is 0.114 e. The number of nitrogens with one attached hydrogen (secondary N) is 1. The van der Waals surface area contributed by atoms with E-state index in [4.69, 9.17) is 4.84 Å². The van der Waals surface area contributed by atoms with Gasteiger partial charge in [0.05, 0.1) is 6.21 Å². The summed E-state index contributed by atoms with van der Waals surface area (Å²) in [6.07, 6.45) is 1.72. The molecule has 12 heavy (non-hydrogen) atoms. The summed E-state index contributed by atoms with van der Waals surface area (Å²) in [4.78, 5) is 8.04. The smallest absolute Gasteiger partial charge is 0.114 e. The summed E-state index contributed by atoms with van der Waals surface area (Å²) in [6.45, 7) is 6.55. The molecule has 3 heteroatoms. The fourth-order valence-corrected chi connectivity index (χ4v) is 1.05. The zero-order valence-electron chi connectivity index (χ0n) is 7.72. The van der Waals surface area contributed by atoms with Gasteiger partial charge in [0.2, 0.25) is 0 Å². The molecule has 0 aliphatic heterocycles. The van der Waals surface area contributed by atoms with Crippen LogP contribution in [0.2, 0.25) is 0 Å². The van der Waals surface area contributed by atoms with Gasteiger partial charge in [0.1, 0.15) is 6.61 Å². The Morgan fingerprint density at radius 3 is 2.83 bits per heavy atom. The lowest BCUT2D eigenvalue weighted by atomic mass is 10.3. The maximum absolute atomic E-state index is 4.86. The minimum atomic E-state index is 0.610. The van der Waals surface area contributed by atoms with Gasteiger partial charge in [-0.15, -0.1) is 0 Å². The number of aryl methyl sites for hydroxylation is 2. The van der Waals surface area contributed by atoms with E-state index in [0.717, 1.165) is 17.0 Å². The van der Waals surface area contributed by atoms with Crippen LogP contribution in [0.4, 0.5) is 0 Å². The molecule has 0 bridgehead atoms. The molecule has 1 aromatic heterocycles. The Labute approximate surface area is 72.4 Å². The molecule has 66 valence electrons. The van der Waals surface area contributed by atoms with Gasteiger partial charge in [-0.1, -0.05) is 5.16 Å². The number of hydrogen-bond acceptors (Lipinski definition) is 2. The van der Waals surface area contributed by atoms with Gasteiger partial charge in [0, 0.05) is 17.0 Å². The molecule has 0 aliphatic carbocycles. The first kappa shape index (κ1) is 8.84. The lowest BCUT2D eigenvalue weighted by Crippen LogP contribution is -1.84. The van der Waals surface area contributed by atoms with Crippen LogP contribution in [-0.4, -0.2) is 17.8 Å². The number of oxime groups is 1. The van der Waals surface area contributed by atoms with Crippen LogP contribution in [0.1, 0.15) is 23.9 Å². The first-order chi connectivity index (χ1) is 5.74. The second-order valence-corrected chi connectivity index (χ2v) is 2.68. The van der Waals surface area contributed by atoms with E-state index in [1.807, 2.05) is 26.8 Å². The van der Waals surface area contributed by atoms with E-state index in [-0.39, 0.29) is 0 Å². The van der Waals surface area contributed by atoms with Crippen LogP contribution < -0.4 is 0 Å². The molecule has 1 aromatic rings. The van der Waals surface area contributed by atoms with Crippen molar-refractivity contribution in [3.8, 4) is 0 Å². The van der Waals surface area contributed by atoms with Gasteiger partial charge in [0.25, 0.3) is 0 Å². The summed E-state index contributed by atoms with van der Waals surface area (Å²) >= 11 is 0. The van der Waals surface area contributed by atoms with Crippen molar-refractivity contribution in [3.05, 3.63) is 23.0 Å². The summed E-state index contributed by atoms with van der Waals surface area (Å²) < 4.78 is 0. The highest BCUT2D eigenvalue weighted by Gasteiger charge is 1.97. The third kappa shape index (κ3) is 2.12. The number of hydrogen-bond donors (Lipinski definition) is 1. The summed E-state index contributed by atoms with van der Waals surface area (Å²) in [7, 11) is 0. The summed E-state index contributed by atoms with van der Waals surface area (Å²) in [5.74, 6) is 0. The second-order valence-electron chi connectivity index (χ2n) is 2.68. The molecule has 0 spiro atoms. The highest BCUT2D eigenvalue weighted by molar-refractivity contribution is 5.81. The maximum atomic E-state index is 4.86. The number of H-pyrrole nitrogens is 1. The van der Waals surface area contributed by atoms with Crippen molar-refractivity contribution in [2.45, 2.75) is 20.8 Å². The molecule has 1 heterocycles. The molecule has 0 saturated heterocycles. The lowest BCUT2D eigenvalue weighted by Gasteiger charge is -1.90. The Kier molecular flexibility index (Phi) is 2.91. The van der Waals surface area contributed by atoms with Gasteiger partial charge < -0.3 is 9.82 Å². The van der Waals surface area contributed by atoms with Gasteiger partial charge in [0.15, 0.2) is 0 Å². The van der Waals surface area contributed by atoms with Crippen LogP contribution >= 0.6 is 0 Å². The van der Waals surface area contributed by atoms with Crippen molar-refractivity contribution in [2.24, 2.45) is 5.16 Å². The van der Waals surface area contributed by atoms with E-state index >= 15 is 0 Å². The fraction of sp³-hybridized carbons (Fsp3) is 0.444. The third-order valence-corrected chi connectivity index (χ3v) is 1.59. The molecule has 0 aromatic carbocycles. The first-order valence-electron chi connectivity index (χ1n) is 4.05. The predicted molar refractivity (Wildman–Crippen MR) is 49.5 cm³/mol. The van der Waals surface area contributed by atoms with Gasteiger partial charge in [-0.05, 0) is 26.8 Å².